The monoisotopic (exact) mass is 379 g/mol. The summed E-state index contributed by atoms with van der Waals surface area (Å²) in [6, 6.07) is 3.04. The minimum atomic E-state index is -0.651. The van der Waals surface area contributed by atoms with Crippen molar-refractivity contribution in [2.75, 3.05) is 13.1 Å². The lowest BCUT2D eigenvalue weighted by Gasteiger charge is -2.29. The Hall–Kier alpha value is -0.640. The second kappa shape index (κ2) is 9.00. The van der Waals surface area contributed by atoms with Crippen LogP contribution in [0.3, 0.4) is 0 Å². The van der Waals surface area contributed by atoms with Gasteiger partial charge < -0.3 is 9.64 Å². The van der Waals surface area contributed by atoms with Crippen LogP contribution >= 0.6 is 34.8 Å². The normalized spacial score (nSPS) is 12.6. The molecule has 3 nitrogen and oxygen atoms in total. The van der Waals surface area contributed by atoms with Crippen LogP contribution in [0.2, 0.25) is 15.1 Å². The van der Waals surface area contributed by atoms with Crippen molar-refractivity contribution in [3.05, 3.63) is 27.2 Å². The third-order valence-electron chi connectivity index (χ3n) is 3.11. The van der Waals surface area contributed by atoms with Crippen LogP contribution in [0.25, 0.3) is 0 Å². The van der Waals surface area contributed by atoms with Crippen molar-refractivity contribution in [3.63, 3.8) is 0 Å². The first kappa shape index (κ1) is 20.4. The average molecular weight is 381 g/mol. The molecule has 0 fully saturated rings. The number of carbonyl (C=O) groups excluding carboxylic acids is 1. The molecule has 0 radical (unpaired) electrons. The highest BCUT2D eigenvalue weighted by Crippen LogP contribution is 2.34. The minimum absolute atomic E-state index is 0.0606. The zero-order chi connectivity index (χ0) is 17.7. The van der Waals surface area contributed by atoms with Gasteiger partial charge in [-0.25, -0.2) is 0 Å². The van der Waals surface area contributed by atoms with Crippen LogP contribution in [0.1, 0.15) is 34.6 Å². The average Bonchev–Trinajstić information content (AvgIpc) is 2.42. The van der Waals surface area contributed by atoms with Crippen LogP contribution in [-0.4, -0.2) is 30.0 Å². The second-order valence-electron chi connectivity index (χ2n) is 6.49. The van der Waals surface area contributed by atoms with Crippen LogP contribution < -0.4 is 4.74 Å². The molecule has 6 heteroatoms. The molecule has 1 aromatic rings. The quantitative estimate of drug-likeness (QED) is 0.580. The highest BCUT2D eigenvalue weighted by molar-refractivity contribution is 6.43. The lowest BCUT2D eigenvalue weighted by molar-refractivity contribution is -0.139. The molecule has 1 aromatic carbocycles. The Bertz CT molecular complexity index is 537. The number of nitrogens with zero attached hydrogens (tertiary/aromatic N) is 1. The SMILES string of the molecule is CC(C)CN(CC(C)C)C(=O)C(C)Oc1cc(Cl)c(Cl)cc1Cl. The maximum atomic E-state index is 12.7. The zero-order valence-corrected chi connectivity index (χ0v) is 16.5. The number of carbonyl (C=O) groups is 1. The lowest BCUT2D eigenvalue weighted by Crippen LogP contribution is -2.44. The van der Waals surface area contributed by atoms with Gasteiger partial charge in [0.15, 0.2) is 6.10 Å². The smallest absolute Gasteiger partial charge is 0.263 e. The fraction of sp³-hybridized carbons (Fsp3) is 0.588. The molecule has 130 valence electrons. The van der Waals surface area contributed by atoms with Gasteiger partial charge in [-0.3, -0.25) is 4.79 Å². The Morgan fingerprint density at radius 1 is 0.957 bits per heavy atom. The molecule has 1 rings (SSSR count). The van der Waals surface area contributed by atoms with E-state index in [4.69, 9.17) is 39.5 Å². The van der Waals surface area contributed by atoms with Crippen LogP contribution in [0, 0.1) is 11.8 Å². The van der Waals surface area contributed by atoms with E-state index in [1.807, 2.05) is 4.90 Å². The number of rotatable bonds is 7. The maximum Gasteiger partial charge on any atom is 0.263 e. The second-order valence-corrected chi connectivity index (χ2v) is 7.71. The third-order valence-corrected chi connectivity index (χ3v) is 4.13. The van der Waals surface area contributed by atoms with E-state index in [1.165, 1.54) is 12.1 Å². The van der Waals surface area contributed by atoms with Gasteiger partial charge in [-0.15, -0.1) is 0 Å². The van der Waals surface area contributed by atoms with Gasteiger partial charge in [0.05, 0.1) is 15.1 Å². The summed E-state index contributed by atoms with van der Waals surface area (Å²) in [5.74, 6) is 1.07. The summed E-state index contributed by atoms with van der Waals surface area (Å²) in [5, 5.41) is 1.02. The number of ether oxygens (including phenoxy) is 1. The standard InChI is InChI=1S/C17H24Cl3NO2/c1-10(2)8-21(9-11(3)4)17(22)12(5)23-16-7-14(19)13(18)6-15(16)20/h6-7,10-12H,8-9H2,1-5H3. The van der Waals surface area contributed by atoms with Crippen molar-refractivity contribution in [3.8, 4) is 5.75 Å². The summed E-state index contributed by atoms with van der Waals surface area (Å²) in [4.78, 5) is 14.5. The highest BCUT2D eigenvalue weighted by Gasteiger charge is 2.24. The Labute approximate surface area is 153 Å². The molecule has 0 saturated carbocycles. The van der Waals surface area contributed by atoms with Crippen molar-refractivity contribution in [2.45, 2.75) is 40.7 Å². The molecule has 1 unspecified atom stereocenters. The van der Waals surface area contributed by atoms with E-state index in [9.17, 15) is 4.79 Å². The molecule has 0 aliphatic carbocycles. The number of halogens is 3. The maximum absolute atomic E-state index is 12.7. The predicted octanol–water partition coefficient (Wildman–Crippen LogP) is 5.55. The van der Waals surface area contributed by atoms with Crippen LogP contribution in [0.4, 0.5) is 0 Å². The van der Waals surface area contributed by atoms with E-state index >= 15 is 0 Å². The molecule has 1 atom stereocenters. The summed E-state index contributed by atoms with van der Waals surface area (Å²) in [6.07, 6.45) is -0.651. The van der Waals surface area contributed by atoms with Crippen LogP contribution in [0.5, 0.6) is 5.75 Å². The Kier molecular flexibility index (Phi) is 7.99. The van der Waals surface area contributed by atoms with Crippen molar-refractivity contribution in [2.24, 2.45) is 11.8 Å². The van der Waals surface area contributed by atoms with E-state index in [2.05, 4.69) is 27.7 Å². The molecule has 0 aromatic heterocycles. The van der Waals surface area contributed by atoms with Crippen LogP contribution in [0.15, 0.2) is 12.1 Å². The molecule has 0 aliphatic rings. The number of hydrogen-bond acceptors (Lipinski definition) is 2. The minimum Gasteiger partial charge on any atom is -0.479 e. The summed E-state index contributed by atoms with van der Waals surface area (Å²) in [6.45, 7) is 11.4. The summed E-state index contributed by atoms with van der Waals surface area (Å²) < 4.78 is 5.72. The fourth-order valence-electron chi connectivity index (χ4n) is 2.23. The summed E-state index contributed by atoms with van der Waals surface area (Å²) in [7, 11) is 0. The van der Waals surface area contributed by atoms with Gasteiger partial charge in [0.1, 0.15) is 5.75 Å². The molecule has 0 aliphatic heterocycles. The van der Waals surface area contributed by atoms with Gasteiger partial charge in [0.2, 0.25) is 0 Å². The van der Waals surface area contributed by atoms with E-state index in [0.717, 1.165) is 0 Å². The van der Waals surface area contributed by atoms with Crippen LogP contribution in [-0.2, 0) is 4.79 Å². The van der Waals surface area contributed by atoms with E-state index in [1.54, 1.807) is 6.92 Å². The molecule has 0 saturated heterocycles. The van der Waals surface area contributed by atoms with E-state index in [-0.39, 0.29) is 5.91 Å². The predicted molar refractivity (Wildman–Crippen MR) is 97.8 cm³/mol. The van der Waals surface area contributed by atoms with Gasteiger partial charge in [0.25, 0.3) is 5.91 Å². The summed E-state index contributed by atoms with van der Waals surface area (Å²) in [5.41, 5.74) is 0. The first-order chi connectivity index (χ1) is 10.6. The first-order valence-electron chi connectivity index (χ1n) is 7.71. The first-order valence-corrected chi connectivity index (χ1v) is 8.85. The molecular weight excluding hydrogens is 357 g/mol. The highest BCUT2D eigenvalue weighted by atomic mass is 35.5. The van der Waals surface area contributed by atoms with Crippen molar-refractivity contribution < 1.29 is 9.53 Å². The molecule has 23 heavy (non-hydrogen) atoms. The Balaban J connectivity index is 2.87. The van der Waals surface area contributed by atoms with Crippen molar-refractivity contribution in [1.29, 1.82) is 0 Å². The van der Waals surface area contributed by atoms with Gasteiger partial charge in [-0.2, -0.15) is 0 Å². The third kappa shape index (κ3) is 6.40. The van der Waals surface area contributed by atoms with Gasteiger partial charge >= 0.3 is 0 Å². The van der Waals surface area contributed by atoms with Gasteiger partial charge in [-0.1, -0.05) is 62.5 Å². The van der Waals surface area contributed by atoms with Gasteiger partial charge in [0, 0.05) is 19.2 Å². The largest absolute Gasteiger partial charge is 0.479 e. The number of amides is 1. The molecule has 1 amide bonds. The van der Waals surface area contributed by atoms with Crippen molar-refractivity contribution in [1.82, 2.24) is 4.90 Å². The molecule has 0 N–H and O–H groups in total. The number of hydrogen-bond donors (Lipinski definition) is 0. The Morgan fingerprint density at radius 3 is 1.91 bits per heavy atom. The van der Waals surface area contributed by atoms with Crippen molar-refractivity contribution >= 4 is 40.7 Å². The fourth-order valence-corrected chi connectivity index (χ4v) is 2.81. The van der Waals surface area contributed by atoms with Gasteiger partial charge in [-0.05, 0) is 24.8 Å². The molecular formula is C17H24Cl3NO2. The van der Waals surface area contributed by atoms with E-state index < -0.39 is 6.10 Å². The topological polar surface area (TPSA) is 29.5 Å². The Morgan fingerprint density at radius 2 is 1.43 bits per heavy atom. The number of benzene rings is 1. The molecule has 0 bridgehead atoms. The van der Waals surface area contributed by atoms with E-state index in [0.29, 0.717) is 45.7 Å². The molecule has 0 spiro atoms. The zero-order valence-electron chi connectivity index (χ0n) is 14.2. The summed E-state index contributed by atoms with van der Waals surface area (Å²) >= 11 is 18.0. The molecule has 0 heterocycles. The lowest BCUT2D eigenvalue weighted by atomic mass is 10.1.